The van der Waals surface area contributed by atoms with Gasteiger partial charge in [-0.25, -0.2) is 0 Å². The van der Waals surface area contributed by atoms with E-state index in [0.717, 1.165) is 6.61 Å². The summed E-state index contributed by atoms with van der Waals surface area (Å²) in [6.45, 7) is 3.33. The van der Waals surface area contributed by atoms with Gasteiger partial charge in [-0.15, -0.1) is 0 Å². The molecule has 2 heteroatoms. The van der Waals surface area contributed by atoms with Gasteiger partial charge < -0.3 is 4.43 Å². The summed E-state index contributed by atoms with van der Waals surface area (Å²) in [5, 5.41) is 0. The average molecular weight is 199 g/mol. The third kappa shape index (κ3) is 5.48. The van der Waals surface area contributed by atoms with Crippen LogP contribution in [0.2, 0.25) is 12.1 Å². The summed E-state index contributed by atoms with van der Waals surface area (Å²) in [6, 6.07) is 2.83. The van der Waals surface area contributed by atoms with E-state index in [1.165, 1.54) is 57.0 Å². The summed E-state index contributed by atoms with van der Waals surface area (Å²) >= 11 is 0. The Hall–Kier alpha value is 0.177. The van der Waals surface area contributed by atoms with Gasteiger partial charge in [0.2, 0.25) is 9.04 Å². The molecule has 0 aliphatic carbocycles. The highest BCUT2D eigenvalue weighted by atomic mass is 28.3. The van der Waals surface area contributed by atoms with Gasteiger partial charge in [0, 0.05) is 6.61 Å². The third-order valence-electron chi connectivity index (χ3n) is 2.72. The smallest absolute Gasteiger partial charge is 0.211 e. The molecule has 0 aromatic rings. The van der Waals surface area contributed by atoms with Gasteiger partial charge in [0.25, 0.3) is 0 Å². The van der Waals surface area contributed by atoms with Crippen molar-refractivity contribution < 1.29 is 4.43 Å². The van der Waals surface area contributed by atoms with Crippen molar-refractivity contribution in [3.63, 3.8) is 0 Å². The summed E-state index contributed by atoms with van der Waals surface area (Å²) in [7, 11) is -0.335. The first-order chi connectivity index (χ1) is 6.43. The van der Waals surface area contributed by atoms with Crippen LogP contribution in [0.3, 0.4) is 0 Å². The van der Waals surface area contributed by atoms with Crippen LogP contribution in [0, 0.1) is 0 Å². The molecule has 0 saturated carbocycles. The molecule has 77 valence electrons. The SMILES string of the molecule is CCCCCCC[Si]1CCCCO1. The molecule has 1 aliphatic rings. The van der Waals surface area contributed by atoms with E-state index in [0.29, 0.717) is 0 Å². The predicted octanol–water partition coefficient (Wildman–Crippen LogP) is 3.76. The zero-order valence-electron chi connectivity index (χ0n) is 8.98. The fourth-order valence-corrected chi connectivity index (χ4v) is 4.10. The predicted molar refractivity (Wildman–Crippen MR) is 59.3 cm³/mol. The molecule has 1 heterocycles. The van der Waals surface area contributed by atoms with Gasteiger partial charge in [0.1, 0.15) is 0 Å². The normalized spacial score (nSPS) is 19.2. The lowest BCUT2D eigenvalue weighted by molar-refractivity contribution is 0.285. The number of hydrogen-bond acceptors (Lipinski definition) is 1. The number of rotatable bonds is 6. The molecule has 1 rings (SSSR count). The Bertz CT molecular complexity index is 111. The largest absolute Gasteiger partial charge is 0.417 e. The monoisotopic (exact) mass is 199 g/mol. The van der Waals surface area contributed by atoms with Gasteiger partial charge in [0.15, 0.2) is 0 Å². The van der Waals surface area contributed by atoms with Crippen LogP contribution in [0.5, 0.6) is 0 Å². The molecule has 1 radical (unpaired) electrons. The molecule has 0 bridgehead atoms. The molecule has 13 heavy (non-hydrogen) atoms. The first-order valence-corrected chi connectivity index (χ1v) is 7.73. The van der Waals surface area contributed by atoms with Gasteiger partial charge >= 0.3 is 0 Å². The van der Waals surface area contributed by atoms with Gasteiger partial charge in [0.05, 0.1) is 0 Å². The van der Waals surface area contributed by atoms with Crippen molar-refractivity contribution in [1.29, 1.82) is 0 Å². The van der Waals surface area contributed by atoms with E-state index in [1.54, 1.807) is 0 Å². The summed E-state index contributed by atoms with van der Waals surface area (Å²) in [5.41, 5.74) is 0. The minimum Gasteiger partial charge on any atom is -0.417 e. The molecule has 1 fully saturated rings. The molecule has 0 aromatic carbocycles. The minimum atomic E-state index is -0.335. The first kappa shape index (κ1) is 11.3. The van der Waals surface area contributed by atoms with Crippen LogP contribution in [0.25, 0.3) is 0 Å². The maximum atomic E-state index is 5.79. The molecule has 0 atom stereocenters. The molecule has 0 amide bonds. The van der Waals surface area contributed by atoms with Crippen LogP contribution < -0.4 is 0 Å². The Morgan fingerprint density at radius 3 is 2.62 bits per heavy atom. The molecule has 0 aromatic heterocycles. The van der Waals surface area contributed by atoms with Crippen molar-refractivity contribution >= 4 is 9.04 Å². The molecular formula is C11H23OSi. The zero-order valence-corrected chi connectivity index (χ0v) is 9.98. The Labute approximate surface area is 84.6 Å². The van der Waals surface area contributed by atoms with E-state index in [9.17, 15) is 0 Å². The second-order valence-corrected chi connectivity index (χ2v) is 6.37. The highest BCUT2D eigenvalue weighted by Gasteiger charge is 2.15. The summed E-state index contributed by atoms with van der Waals surface area (Å²) < 4.78 is 5.79. The fourth-order valence-electron chi connectivity index (χ4n) is 1.84. The summed E-state index contributed by atoms with van der Waals surface area (Å²) in [4.78, 5) is 0. The van der Waals surface area contributed by atoms with E-state index in [-0.39, 0.29) is 9.04 Å². The highest BCUT2D eigenvalue weighted by molar-refractivity contribution is 6.51. The van der Waals surface area contributed by atoms with Crippen LogP contribution in [0.1, 0.15) is 51.9 Å². The first-order valence-electron chi connectivity index (χ1n) is 5.91. The standard InChI is InChI=1S/C11H23OSi/c1-2-3-4-5-7-10-13-11-8-6-9-12-13/h2-11H2,1H3. The van der Waals surface area contributed by atoms with Crippen LogP contribution in [0.4, 0.5) is 0 Å². The summed E-state index contributed by atoms with van der Waals surface area (Å²) in [6.07, 6.45) is 9.82. The molecule has 0 N–H and O–H groups in total. The average Bonchev–Trinajstić information content (AvgIpc) is 2.19. The molecular weight excluding hydrogens is 176 g/mol. The Balaban J connectivity index is 1.86. The number of unbranched alkanes of at least 4 members (excludes halogenated alkanes) is 4. The lowest BCUT2D eigenvalue weighted by atomic mass is 10.2. The van der Waals surface area contributed by atoms with Crippen molar-refractivity contribution in [3.05, 3.63) is 0 Å². The van der Waals surface area contributed by atoms with E-state index in [4.69, 9.17) is 4.43 Å². The second kappa shape index (κ2) is 7.57. The van der Waals surface area contributed by atoms with Gasteiger partial charge in [-0.1, -0.05) is 45.4 Å². The van der Waals surface area contributed by atoms with E-state index < -0.39 is 0 Å². The minimum absolute atomic E-state index is 0.335. The maximum absolute atomic E-state index is 5.79. The second-order valence-electron chi connectivity index (χ2n) is 4.01. The van der Waals surface area contributed by atoms with Crippen LogP contribution in [0.15, 0.2) is 0 Å². The van der Waals surface area contributed by atoms with E-state index in [1.807, 2.05) is 0 Å². The molecule has 0 unspecified atom stereocenters. The Morgan fingerprint density at radius 2 is 1.92 bits per heavy atom. The lowest BCUT2D eigenvalue weighted by Crippen LogP contribution is -2.22. The molecule has 1 saturated heterocycles. The van der Waals surface area contributed by atoms with Gasteiger partial charge in [-0.3, -0.25) is 0 Å². The van der Waals surface area contributed by atoms with Crippen LogP contribution in [-0.4, -0.2) is 15.6 Å². The van der Waals surface area contributed by atoms with Crippen molar-refractivity contribution in [1.82, 2.24) is 0 Å². The zero-order chi connectivity index (χ0) is 9.36. The highest BCUT2D eigenvalue weighted by Crippen LogP contribution is 2.17. The van der Waals surface area contributed by atoms with E-state index in [2.05, 4.69) is 6.92 Å². The third-order valence-corrected chi connectivity index (χ3v) is 5.15. The quantitative estimate of drug-likeness (QED) is 0.467. The number of hydrogen-bond donors (Lipinski definition) is 0. The molecule has 1 nitrogen and oxygen atoms in total. The van der Waals surface area contributed by atoms with Crippen molar-refractivity contribution in [2.45, 2.75) is 64.0 Å². The lowest BCUT2D eigenvalue weighted by Gasteiger charge is -2.19. The fraction of sp³-hybridized carbons (Fsp3) is 1.00. The maximum Gasteiger partial charge on any atom is 0.211 e. The van der Waals surface area contributed by atoms with Crippen molar-refractivity contribution in [2.75, 3.05) is 6.61 Å². The van der Waals surface area contributed by atoms with Crippen LogP contribution >= 0.6 is 0 Å². The van der Waals surface area contributed by atoms with Crippen molar-refractivity contribution in [2.24, 2.45) is 0 Å². The van der Waals surface area contributed by atoms with E-state index >= 15 is 0 Å². The van der Waals surface area contributed by atoms with Gasteiger partial charge in [-0.2, -0.15) is 0 Å². The summed E-state index contributed by atoms with van der Waals surface area (Å²) in [5.74, 6) is 0. The Morgan fingerprint density at radius 1 is 1.08 bits per heavy atom. The van der Waals surface area contributed by atoms with Gasteiger partial charge in [-0.05, 0) is 18.5 Å². The van der Waals surface area contributed by atoms with Crippen molar-refractivity contribution in [3.8, 4) is 0 Å². The topological polar surface area (TPSA) is 9.23 Å². The molecule has 0 spiro atoms. The van der Waals surface area contributed by atoms with Crippen LogP contribution in [-0.2, 0) is 4.43 Å². The molecule has 1 aliphatic heterocycles. The Kier molecular flexibility index (Phi) is 6.55.